The molecule has 1 aromatic rings. The zero-order chi connectivity index (χ0) is 15.7. The maximum Gasteiger partial charge on any atom is 0.303 e. The number of aliphatic carboxylic acids is 1. The van der Waals surface area contributed by atoms with Crippen molar-refractivity contribution in [1.29, 1.82) is 0 Å². The molecule has 0 aliphatic rings. The highest BCUT2D eigenvalue weighted by molar-refractivity contribution is 6.49. The molecule has 20 heavy (non-hydrogen) atoms. The predicted molar refractivity (Wildman–Crippen MR) is 82.1 cm³/mol. The van der Waals surface area contributed by atoms with Gasteiger partial charge < -0.3 is 10.2 Å². The van der Waals surface area contributed by atoms with E-state index < -0.39 is 17.5 Å². The van der Waals surface area contributed by atoms with E-state index in [0.29, 0.717) is 0 Å². The Morgan fingerprint density at radius 1 is 1.20 bits per heavy atom. The average molecular weight is 360 g/mol. The molecule has 0 bridgehead atoms. The van der Waals surface area contributed by atoms with E-state index in [-0.39, 0.29) is 38.5 Å². The van der Waals surface area contributed by atoms with Crippen molar-refractivity contribution in [3.63, 3.8) is 0 Å². The van der Waals surface area contributed by atoms with Gasteiger partial charge in [-0.25, -0.2) is 0 Å². The Bertz CT molecular complexity index is 529. The van der Waals surface area contributed by atoms with Crippen LogP contribution in [0, 0.1) is 5.41 Å². The van der Waals surface area contributed by atoms with Crippen LogP contribution in [0.2, 0.25) is 20.1 Å². The fraction of sp³-hybridized carbons (Fsp3) is 0.462. The van der Waals surface area contributed by atoms with Crippen LogP contribution in [-0.4, -0.2) is 16.2 Å². The SMILES string of the molecule is CC(C)(CC(=O)O)CC(O)c1c(Cl)cc(Cl)c(Cl)c1Cl. The second kappa shape index (κ2) is 6.71. The fourth-order valence-corrected chi connectivity index (χ4v) is 3.16. The lowest BCUT2D eigenvalue weighted by atomic mass is 9.82. The molecule has 3 nitrogen and oxygen atoms in total. The molecule has 1 rings (SSSR count). The second-order valence-electron chi connectivity index (χ2n) is 5.34. The van der Waals surface area contributed by atoms with Gasteiger partial charge in [0.25, 0.3) is 0 Å². The summed E-state index contributed by atoms with van der Waals surface area (Å²) in [5.41, 5.74) is -0.356. The first-order valence-corrected chi connectivity index (χ1v) is 7.29. The van der Waals surface area contributed by atoms with Crippen LogP contribution < -0.4 is 0 Å². The molecule has 1 unspecified atom stereocenters. The van der Waals surface area contributed by atoms with Gasteiger partial charge >= 0.3 is 5.97 Å². The summed E-state index contributed by atoms with van der Waals surface area (Å²) >= 11 is 23.9. The van der Waals surface area contributed by atoms with Crippen LogP contribution in [0.15, 0.2) is 6.07 Å². The monoisotopic (exact) mass is 358 g/mol. The molecule has 0 radical (unpaired) electrons. The van der Waals surface area contributed by atoms with Gasteiger partial charge in [0, 0.05) is 10.6 Å². The van der Waals surface area contributed by atoms with Gasteiger partial charge in [-0.3, -0.25) is 4.79 Å². The Labute approximate surface area is 137 Å². The molecule has 7 heteroatoms. The third-order valence-corrected chi connectivity index (χ3v) is 4.45. The average Bonchev–Trinajstić information content (AvgIpc) is 2.23. The van der Waals surface area contributed by atoms with Crippen LogP contribution in [0.25, 0.3) is 0 Å². The second-order valence-corrected chi connectivity index (χ2v) is 6.91. The summed E-state index contributed by atoms with van der Waals surface area (Å²) in [5.74, 6) is -0.937. The summed E-state index contributed by atoms with van der Waals surface area (Å²) in [5, 5.41) is 19.7. The highest BCUT2D eigenvalue weighted by atomic mass is 35.5. The number of hydrogen-bond donors (Lipinski definition) is 2. The Hall–Kier alpha value is -0.190. The maximum atomic E-state index is 10.8. The van der Waals surface area contributed by atoms with Gasteiger partial charge in [0.15, 0.2) is 0 Å². The molecule has 112 valence electrons. The van der Waals surface area contributed by atoms with Crippen LogP contribution in [0.1, 0.15) is 38.4 Å². The lowest BCUT2D eigenvalue weighted by molar-refractivity contribution is -0.139. The van der Waals surface area contributed by atoms with Gasteiger partial charge in [0.1, 0.15) is 0 Å². The first-order chi connectivity index (χ1) is 9.05. The first-order valence-electron chi connectivity index (χ1n) is 5.78. The summed E-state index contributed by atoms with van der Waals surface area (Å²) in [6.07, 6.45) is -0.934. The summed E-state index contributed by atoms with van der Waals surface area (Å²) in [7, 11) is 0. The Morgan fingerprint density at radius 2 is 1.75 bits per heavy atom. The number of aliphatic hydroxyl groups excluding tert-OH is 1. The van der Waals surface area contributed by atoms with Crippen LogP contribution in [0.4, 0.5) is 0 Å². The lowest BCUT2D eigenvalue weighted by Crippen LogP contribution is -2.20. The van der Waals surface area contributed by atoms with E-state index in [9.17, 15) is 9.90 Å². The third-order valence-electron chi connectivity index (χ3n) is 2.86. The smallest absolute Gasteiger partial charge is 0.303 e. The maximum absolute atomic E-state index is 10.8. The van der Waals surface area contributed by atoms with Gasteiger partial charge in [-0.05, 0) is 17.9 Å². The summed E-state index contributed by atoms with van der Waals surface area (Å²) in [4.78, 5) is 10.8. The topological polar surface area (TPSA) is 57.5 Å². The van der Waals surface area contributed by atoms with Crippen molar-refractivity contribution in [2.24, 2.45) is 5.41 Å². The highest BCUT2D eigenvalue weighted by Crippen LogP contribution is 2.43. The largest absolute Gasteiger partial charge is 0.481 e. The number of hydrogen-bond acceptors (Lipinski definition) is 2. The molecule has 0 amide bonds. The van der Waals surface area contributed by atoms with E-state index in [0.717, 1.165) is 0 Å². The van der Waals surface area contributed by atoms with E-state index in [1.54, 1.807) is 13.8 Å². The molecule has 0 saturated heterocycles. The minimum atomic E-state index is -1.03. The van der Waals surface area contributed by atoms with Gasteiger partial charge in [-0.2, -0.15) is 0 Å². The van der Waals surface area contributed by atoms with Crippen molar-refractivity contribution >= 4 is 52.4 Å². The quantitative estimate of drug-likeness (QED) is 0.559. The van der Waals surface area contributed by atoms with Crippen LogP contribution in [0.5, 0.6) is 0 Å². The van der Waals surface area contributed by atoms with Gasteiger partial charge in [-0.1, -0.05) is 60.3 Å². The van der Waals surface area contributed by atoms with Crippen molar-refractivity contribution in [3.8, 4) is 0 Å². The molecule has 0 aromatic heterocycles. The van der Waals surface area contributed by atoms with E-state index in [2.05, 4.69) is 0 Å². The van der Waals surface area contributed by atoms with Crippen molar-refractivity contribution in [3.05, 3.63) is 31.7 Å². The number of aliphatic hydroxyl groups is 1. The number of benzene rings is 1. The van der Waals surface area contributed by atoms with Gasteiger partial charge in [-0.15, -0.1) is 0 Å². The first kappa shape index (κ1) is 17.9. The van der Waals surface area contributed by atoms with Gasteiger partial charge in [0.05, 0.1) is 27.6 Å². The number of carbonyl (C=O) groups is 1. The zero-order valence-electron chi connectivity index (χ0n) is 10.9. The van der Waals surface area contributed by atoms with E-state index in [4.69, 9.17) is 51.5 Å². The number of halogens is 4. The predicted octanol–water partition coefficient (Wildman–Crippen LogP) is 5.22. The molecule has 1 aromatic carbocycles. The van der Waals surface area contributed by atoms with E-state index in [1.165, 1.54) is 6.07 Å². The minimum Gasteiger partial charge on any atom is -0.481 e. The molecular formula is C13H14Cl4O3. The van der Waals surface area contributed by atoms with Crippen molar-refractivity contribution in [2.45, 2.75) is 32.8 Å². The number of carboxylic acid groups (broad SMARTS) is 1. The van der Waals surface area contributed by atoms with Crippen LogP contribution >= 0.6 is 46.4 Å². The molecule has 2 N–H and O–H groups in total. The van der Waals surface area contributed by atoms with E-state index in [1.807, 2.05) is 0 Å². The zero-order valence-corrected chi connectivity index (χ0v) is 13.9. The third kappa shape index (κ3) is 4.40. The lowest BCUT2D eigenvalue weighted by Gasteiger charge is -2.27. The fourth-order valence-electron chi connectivity index (χ4n) is 1.99. The van der Waals surface area contributed by atoms with Crippen molar-refractivity contribution in [2.75, 3.05) is 0 Å². The summed E-state index contributed by atoms with van der Waals surface area (Å²) in [6.45, 7) is 3.48. The Kier molecular flexibility index (Phi) is 6.00. The minimum absolute atomic E-state index is 0.0827. The van der Waals surface area contributed by atoms with Gasteiger partial charge in [0.2, 0.25) is 0 Å². The molecule has 0 spiro atoms. The molecule has 1 atom stereocenters. The van der Waals surface area contributed by atoms with Crippen LogP contribution in [0.3, 0.4) is 0 Å². The normalized spacial score (nSPS) is 13.3. The molecular weight excluding hydrogens is 346 g/mol. The standard InChI is InChI=1S/C13H14Cl4O3/c1-13(2,5-9(19)20)4-8(18)10-6(14)3-7(15)11(16)12(10)17/h3,8,18H,4-5H2,1-2H3,(H,19,20). The van der Waals surface area contributed by atoms with Crippen LogP contribution in [-0.2, 0) is 4.79 Å². The molecule has 0 fully saturated rings. The Morgan fingerprint density at radius 3 is 2.25 bits per heavy atom. The number of carboxylic acids is 1. The summed E-state index contributed by atoms with van der Waals surface area (Å²) in [6, 6.07) is 1.40. The molecule has 0 aliphatic carbocycles. The summed E-state index contributed by atoms with van der Waals surface area (Å²) < 4.78 is 0. The van der Waals surface area contributed by atoms with E-state index >= 15 is 0 Å². The molecule has 0 heterocycles. The highest BCUT2D eigenvalue weighted by Gasteiger charge is 2.29. The van der Waals surface area contributed by atoms with Crippen molar-refractivity contribution in [1.82, 2.24) is 0 Å². The Balaban J connectivity index is 3.07. The molecule has 0 aliphatic heterocycles. The van der Waals surface area contributed by atoms with Crippen molar-refractivity contribution < 1.29 is 15.0 Å². The number of rotatable bonds is 5. The molecule has 0 saturated carbocycles.